The fourth-order valence-corrected chi connectivity index (χ4v) is 4.87. The first-order valence-electron chi connectivity index (χ1n) is 10.0. The van der Waals surface area contributed by atoms with Gasteiger partial charge in [-0.1, -0.05) is 0 Å². The molecule has 0 spiro atoms. The molecule has 1 fully saturated rings. The quantitative estimate of drug-likeness (QED) is 0.393. The van der Waals surface area contributed by atoms with Gasteiger partial charge in [0.25, 0.3) is 0 Å². The molecular formula is C20H21N7O3S. The van der Waals surface area contributed by atoms with Crippen LogP contribution in [0.2, 0.25) is 0 Å². The molecule has 1 saturated heterocycles. The van der Waals surface area contributed by atoms with Crippen molar-refractivity contribution < 1.29 is 14.3 Å². The van der Waals surface area contributed by atoms with E-state index in [1.807, 2.05) is 9.47 Å². The number of rotatable bonds is 6. The monoisotopic (exact) mass is 439 g/mol. The van der Waals surface area contributed by atoms with Gasteiger partial charge in [-0.2, -0.15) is 0 Å². The van der Waals surface area contributed by atoms with Gasteiger partial charge in [-0.05, 0) is 43.0 Å². The summed E-state index contributed by atoms with van der Waals surface area (Å²) in [7, 11) is 0. The zero-order chi connectivity index (χ0) is 21.4. The van der Waals surface area contributed by atoms with E-state index in [0.29, 0.717) is 38.2 Å². The van der Waals surface area contributed by atoms with Crippen LogP contribution in [0.3, 0.4) is 0 Å². The second-order valence-electron chi connectivity index (χ2n) is 7.65. The average Bonchev–Trinajstić information content (AvgIpc) is 3.41. The van der Waals surface area contributed by atoms with E-state index in [-0.39, 0.29) is 11.2 Å². The molecule has 3 aromatic heterocycles. The van der Waals surface area contributed by atoms with Crippen LogP contribution in [0.25, 0.3) is 22.3 Å². The number of carbonyl (C=O) groups is 1. The van der Waals surface area contributed by atoms with Gasteiger partial charge in [-0.15, -0.1) is 0 Å². The molecule has 0 radical (unpaired) electrons. The summed E-state index contributed by atoms with van der Waals surface area (Å²) < 4.78 is 7.42. The number of aromatic hydroxyl groups is 1. The minimum atomic E-state index is 0.0959. The van der Waals surface area contributed by atoms with Crippen LogP contribution >= 0.6 is 11.8 Å². The Hall–Kier alpha value is -3.34. The number of imidazole rings is 1. The van der Waals surface area contributed by atoms with Gasteiger partial charge in [0.2, 0.25) is 6.41 Å². The Kier molecular flexibility index (Phi) is 5.10. The second-order valence-corrected chi connectivity index (χ2v) is 8.68. The molecule has 0 aliphatic carbocycles. The zero-order valence-electron chi connectivity index (χ0n) is 16.6. The van der Waals surface area contributed by atoms with Crippen molar-refractivity contribution in [3.8, 4) is 5.75 Å². The predicted octanol–water partition coefficient (Wildman–Crippen LogP) is 2.50. The normalized spacial score (nSPS) is 15.2. The summed E-state index contributed by atoms with van der Waals surface area (Å²) in [5.74, 6) is 0.646. The lowest BCUT2D eigenvalue weighted by atomic mass is 9.94. The molecule has 5 rings (SSSR count). The largest absolute Gasteiger partial charge is 0.508 e. The van der Waals surface area contributed by atoms with Crippen molar-refractivity contribution in [1.29, 1.82) is 5.41 Å². The number of amides is 1. The number of benzene rings is 1. The number of nitrogens with one attached hydrogen (secondary N) is 2. The lowest BCUT2D eigenvalue weighted by molar-refractivity contribution is -0.119. The molecule has 0 atom stereocenters. The van der Waals surface area contributed by atoms with Crippen LogP contribution in [0.1, 0.15) is 19.3 Å². The maximum atomic E-state index is 10.9. The highest BCUT2D eigenvalue weighted by Crippen LogP contribution is 2.35. The molecular weight excluding hydrogens is 418 g/mol. The first-order chi connectivity index (χ1) is 15.1. The molecule has 11 heteroatoms. The summed E-state index contributed by atoms with van der Waals surface area (Å²) in [6, 6.07) is 3.14. The van der Waals surface area contributed by atoms with Crippen LogP contribution < -0.4 is 5.49 Å². The highest BCUT2D eigenvalue weighted by molar-refractivity contribution is 7.99. The first-order valence-corrected chi connectivity index (χ1v) is 10.9. The van der Waals surface area contributed by atoms with Crippen molar-refractivity contribution in [2.24, 2.45) is 5.92 Å². The Morgan fingerprint density at radius 2 is 2.16 bits per heavy atom. The van der Waals surface area contributed by atoms with Crippen molar-refractivity contribution in [1.82, 2.24) is 29.4 Å². The summed E-state index contributed by atoms with van der Waals surface area (Å²) in [5, 5.41) is 18.7. The van der Waals surface area contributed by atoms with E-state index in [1.54, 1.807) is 18.5 Å². The molecule has 31 heavy (non-hydrogen) atoms. The number of aromatic amines is 1. The van der Waals surface area contributed by atoms with Crippen LogP contribution in [0.15, 0.2) is 39.3 Å². The molecule has 4 aromatic rings. The fraction of sp³-hybridized carbons (Fsp3) is 0.350. The van der Waals surface area contributed by atoms with E-state index in [2.05, 4.69) is 15.0 Å². The van der Waals surface area contributed by atoms with Crippen LogP contribution in [-0.2, 0) is 11.3 Å². The standard InChI is InChI=1S/C20H21N7O3S/c21-18-16-19(27(9-22-18)6-3-12-1-4-26(11-28)5-2-12)25-20(24-16)31-15-8-13(29)7-14-17(15)30-10-23-14/h7-12,21,29H,1-6H2,(H,24,25). The van der Waals surface area contributed by atoms with Crippen LogP contribution in [0.5, 0.6) is 5.75 Å². The van der Waals surface area contributed by atoms with Gasteiger partial charge in [0.05, 0.1) is 11.2 Å². The Morgan fingerprint density at radius 3 is 2.97 bits per heavy atom. The predicted molar refractivity (Wildman–Crippen MR) is 113 cm³/mol. The Balaban J connectivity index is 1.39. The van der Waals surface area contributed by atoms with E-state index < -0.39 is 0 Å². The number of fused-ring (bicyclic) bond motifs is 2. The number of piperidine rings is 1. The number of phenolic OH excluding ortho intramolecular Hbond substituents is 1. The molecule has 1 amide bonds. The number of oxazole rings is 1. The van der Waals surface area contributed by atoms with Gasteiger partial charge in [0, 0.05) is 25.7 Å². The van der Waals surface area contributed by atoms with Crippen molar-refractivity contribution in [2.45, 2.75) is 35.9 Å². The number of nitrogens with zero attached hydrogens (tertiary/aromatic N) is 5. The number of carbonyl (C=O) groups excluding carboxylic acids is 1. The van der Waals surface area contributed by atoms with E-state index in [4.69, 9.17) is 14.8 Å². The molecule has 4 heterocycles. The summed E-state index contributed by atoms with van der Waals surface area (Å²) >= 11 is 1.30. The number of aryl methyl sites for hydroxylation is 1. The number of hydrogen-bond donors (Lipinski definition) is 3. The third-order valence-electron chi connectivity index (χ3n) is 5.66. The number of hydrogen-bond acceptors (Lipinski definition) is 8. The molecule has 0 bridgehead atoms. The van der Waals surface area contributed by atoms with E-state index in [9.17, 15) is 9.90 Å². The van der Waals surface area contributed by atoms with E-state index in [1.165, 1.54) is 18.2 Å². The fourth-order valence-electron chi connectivity index (χ4n) is 3.95. The number of H-pyrrole nitrogens is 1. The second kappa shape index (κ2) is 8.06. The maximum Gasteiger partial charge on any atom is 0.209 e. The van der Waals surface area contributed by atoms with Crippen LogP contribution in [-0.4, -0.2) is 54.0 Å². The Morgan fingerprint density at radius 1 is 1.32 bits per heavy atom. The third-order valence-corrected chi connectivity index (χ3v) is 6.57. The molecule has 3 N–H and O–H groups in total. The van der Waals surface area contributed by atoms with Crippen LogP contribution in [0, 0.1) is 11.3 Å². The highest BCUT2D eigenvalue weighted by Gasteiger charge is 2.19. The molecule has 1 aliphatic heterocycles. The zero-order valence-corrected chi connectivity index (χ0v) is 17.4. The van der Waals surface area contributed by atoms with Gasteiger partial charge in [0.1, 0.15) is 16.8 Å². The van der Waals surface area contributed by atoms with Gasteiger partial charge >= 0.3 is 0 Å². The number of phenols is 1. The summed E-state index contributed by atoms with van der Waals surface area (Å²) in [4.78, 5) is 29.6. The summed E-state index contributed by atoms with van der Waals surface area (Å²) in [6.45, 7) is 2.35. The van der Waals surface area contributed by atoms with Crippen molar-refractivity contribution >= 4 is 40.4 Å². The van der Waals surface area contributed by atoms with Gasteiger partial charge in [-0.25, -0.2) is 15.0 Å². The topological polar surface area (TPSA) is 137 Å². The van der Waals surface area contributed by atoms with E-state index >= 15 is 0 Å². The minimum Gasteiger partial charge on any atom is -0.508 e. The van der Waals surface area contributed by atoms with Crippen LogP contribution in [0.4, 0.5) is 0 Å². The van der Waals surface area contributed by atoms with Crippen molar-refractivity contribution in [3.63, 3.8) is 0 Å². The van der Waals surface area contributed by atoms with Crippen molar-refractivity contribution in [3.05, 3.63) is 30.3 Å². The van der Waals surface area contributed by atoms with E-state index in [0.717, 1.165) is 45.3 Å². The molecule has 160 valence electrons. The molecule has 10 nitrogen and oxygen atoms in total. The number of aromatic nitrogens is 5. The molecule has 0 saturated carbocycles. The lowest BCUT2D eigenvalue weighted by Gasteiger charge is -2.29. The van der Waals surface area contributed by atoms with Gasteiger partial charge in [-0.3, -0.25) is 10.2 Å². The molecule has 1 aromatic carbocycles. The number of likely N-dealkylation sites (tertiary alicyclic amines) is 1. The molecule has 1 aliphatic rings. The highest BCUT2D eigenvalue weighted by atomic mass is 32.2. The molecule has 0 unspecified atom stereocenters. The maximum absolute atomic E-state index is 10.9. The summed E-state index contributed by atoms with van der Waals surface area (Å²) in [5.41, 5.74) is 2.50. The smallest absolute Gasteiger partial charge is 0.209 e. The Bertz CT molecular complexity index is 1300. The SMILES string of the molecule is N=c1ncn(CCC2CCN(C=O)CC2)c2nc(Sc3cc(O)cc4ncoc34)[nH]c12. The van der Waals surface area contributed by atoms with Gasteiger partial charge < -0.3 is 24.0 Å². The minimum absolute atomic E-state index is 0.0959. The average molecular weight is 440 g/mol. The lowest BCUT2D eigenvalue weighted by Crippen LogP contribution is -2.32. The van der Waals surface area contributed by atoms with Crippen molar-refractivity contribution in [2.75, 3.05) is 13.1 Å². The van der Waals surface area contributed by atoms with Gasteiger partial charge in [0.15, 0.2) is 28.3 Å². The Labute approximate surface area is 180 Å². The first kappa shape index (κ1) is 19.6. The summed E-state index contributed by atoms with van der Waals surface area (Å²) in [6.07, 6.45) is 6.88. The third kappa shape index (κ3) is 3.88.